The average Bonchev–Trinajstić information content (AvgIpc) is 2.78. The van der Waals surface area contributed by atoms with Crippen molar-refractivity contribution < 1.29 is 9.59 Å². The van der Waals surface area contributed by atoms with Gasteiger partial charge in [-0.1, -0.05) is 24.3 Å². The zero-order valence-electron chi connectivity index (χ0n) is 11.1. The minimum absolute atomic E-state index is 0.0794. The fourth-order valence-corrected chi connectivity index (χ4v) is 2.99. The molecule has 2 aliphatic rings. The molecular formula is C15H18N2O2. The number of carbonyl (C=O) groups excluding carboxylic acids is 2. The van der Waals surface area contributed by atoms with Crippen molar-refractivity contribution in [3.63, 3.8) is 0 Å². The van der Waals surface area contributed by atoms with Gasteiger partial charge in [0.1, 0.15) is 6.04 Å². The first-order valence-electron chi connectivity index (χ1n) is 6.78. The van der Waals surface area contributed by atoms with Crippen molar-refractivity contribution in [2.75, 3.05) is 13.6 Å². The van der Waals surface area contributed by atoms with Crippen LogP contribution in [0.25, 0.3) is 0 Å². The van der Waals surface area contributed by atoms with Crippen LogP contribution >= 0.6 is 0 Å². The molecule has 2 amide bonds. The van der Waals surface area contributed by atoms with Gasteiger partial charge in [0.05, 0.1) is 0 Å². The Morgan fingerprint density at radius 2 is 1.95 bits per heavy atom. The molecule has 1 fully saturated rings. The fraction of sp³-hybridized carbons (Fsp3) is 0.467. The van der Waals surface area contributed by atoms with Gasteiger partial charge in [-0.15, -0.1) is 0 Å². The van der Waals surface area contributed by atoms with Crippen LogP contribution in [0, 0.1) is 0 Å². The van der Waals surface area contributed by atoms with E-state index < -0.39 is 0 Å². The Morgan fingerprint density at radius 1 is 1.21 bits per heavy atom. The Morgan fingerprint density at radius 3 is 2.63 bits per heavy atom. The first kappa shape index (κ1) is 12.2. The Hall–Kier alpha value is -1.84. The minimum atomic E-state index is -0.252. The molecule has 0 radical (unpaired) electrons. The van der Waals surface area contributed by atoms with Crippen molar-refractivity contribution in [3.05, 3.63) is 35.4 Å². The third-order valence-electron chi connectivity index (χ3n) is 4.22. The molecule has 0 aliphatic carbocycles. The number of likely N-dealkylation sites (tertiary alicyclic amines) is 1. The first-order chi connectivity index (χ1) is 9.16. The standard InChI is InChI=1S/C15H18N2O2/c1-16-13(6-7-14(16)18)15(19)17-9-8-11-4-2-3-5-12(11)10-17/h2-5,13H,6-10H2,1H3. The molecule has 0 bridgehead atoms. The Kier molecular flexibility index (Phi) is 3.01. The van der Waals surface area contributed by atoms with Crippen LogP contribution in [-0.2, 0) is 22.6 Å². The van der Waals surface area contributed by atoms with E-state index in [0.29, 0.717) is 19.4 Å². The summed E-state index contributed by atoms with van der Waals surface area (Å²) in [6, 6.07) is 8.01. The molecule has 1 atom stereocenters. The van der Waals surface area contributed by atoms with E-state index in [1.807, 2.05) is 17.0 Å². The van der Waals surface area contributed by atoms with E-state index in [1.165, 1.54) is 11.1 Å². The Balaban J connectivity index is 1.75. The van der Waals surface area contributed by atoms with Crippen LogP contribution in [-0.4, -0.2) is 41.2 Å². The van der Waals surface area contributed by atoms with Crippen LogP contribution in [0.1, 0.15) is 24.0 Å². The SMILES string of the molecule is CN1C(=O)CCC1C(=O)N1CCc2ccccc2C1. The van der Waals surface area contributed by atoms with Crippen LogP contribution in [0.15, 0.2) is 24.3 Å². The maximum atomic E-state index is 12.5. The third-order valence-corrected chi connectivity index (χ3v) is 4.22. The summed E-state index contributed by atoms with van der Waals surface area (Å²) in [7, 11) is 1.73. The van der Waals surface area contributed by atoms with Crippen molar-refractivity contribution in [2.24, 2.45) is 0 Å². The maximum Gasteiger partial charge on any atom is 0.245 e. The average molecular weight is 258 g/mol. The van der Waals surface area contributed by atoms with Gasteiger partial charge in [-0.3, -0.25) is 9.59 Å². The predicted molar refractivity (Wildman–Crippen MR) is 71.4 cm³/mol. The maximum absolute atomic E-state index is 12.5. The van der Waals surface area contributed by atoms with Crippen LogP contribution < -0.4 is 0 Å². The van der Waals surface area contributed by atoms with Gasteiger partial charge >= 0.3 is 0 Å². The van der Waals surface area contributed by atoms with Gasteiger partial charge < -0.3 is 9.80 Å². The van der Waals surface area contributed by atoms with Gasteiger partial charge in [-0.25, -0.2) is 0 Å². The number of likely N-dealkylation sites (N-methyl/N-ethyl adjacent to an activating group) is 1. The van der Waals surface area contributed by atoms with E-state index in [-0.39, 0.29) is 17.9 Å². The summed E-state index contributed by atoms with van der Waals surface area (Å²) in [5, 5.41) is 0. The number of hydrogen-bond donors (Lipinski definition) is 0. The molecule has 1 unspecified atom stereocenters. The van der Waals surface area contributed by atoms with Crippen LogP contribution in [0.2, 0.25) is 0 Å². The molecule has 100 valence electrons. The highest BCUT2D eigenvalue weighted by molar-refractivity contribution is 5.90. The van der Waals surface area contributed by atoms with Gasteiger partial charge in [-0.05, 0) is 24.0 Å². The zero-order chi connectivity index (χ0) is 13.4. The van der Waals surface area contributed by atoms with Gasteiger partial charge in [0.15, 0.2) is 0 Å². The van der Waals surface area contributed by atoms with Crippen LogP contribution in [0.4, 0.5) is 0 Å². The molecule has 3 rings (SSSR count). The number of rotatable bonds is 1. The summed E-state index contributed by atoms with van der Waals surface area (Å²) < 4.78 is 0. The van der Waals surface area contributed by atoms with Crippen LogP contribution in [0.3, 0.4) is 0 Å². The van der Waals surface area contributed by atoms with E-state index in [0.717, 1.165) is 13.0 Å². The lowest BCUT2D eigenvalue weighted by Gasteiger charge is -2.32. The number of hydrogen-bond acceptors (Lipinski definition) is 2. The molecule has 1 aromatic carbocycles. The smallest absolute Gasteiger partial charge is 0.245 e. The van der Waals surface area contributed by atoms with E-state index in [2.05, 4.69) is 12.1 Å². The first-order valence-corrected chi connectivity index (χ1v) is 6.78. The molecule has 19 heavy (non-hydrogen) atoms. The summed E-state index contributed by atoms with van der Waals surface area (Å²) in [5.74, 6) is 0.179. The largest absolute Gasteiger partial charge is 0.336 e. The van der Waals surface area contributed by atoms with E-state index >= 15 is 0 Å². The molecule has 2 heterocycles. The van der Waals surface area contributed by atoms with Crippen LogP contribution in [0.5, 0.6) is 0 Å². The van der Waals surface area contributed by atoms with E-state index in [9.17, 15) is 9.59 Å². The molecule has 4 heteroatoms. The number of fused-ring (bicyclic) bond motifs is 1. The van der Waals surface area contributed by atoms with Crippen molar-refractivity contribution in [2.45, 2.75) is 31.8 Å². The normalized spacial score (nSPS) is 22.6. The minimum Gasteiger partial charge on any atom is -0.336 e. The summed E-state index contributed by atoms with van der Waals surface area (Å²) in [4.78, 5) is 27.5. The second-order valence-corrected chi connectivity index (χ2v) is 5.34. The third kappa shape index (κ3) is 2.11. The number of amides is 2. The lowest BCUT2D eigenvalue weighted by molar-refractivity contribution is -0.140. The van der Waals surface area contributed by atoms with Crippen molar-refractivity contribution in [3.8, 4) is 0 Å². The summed E-state index contributed by atoms with van der Waals surface area (Å²) >= 11 is 0. The van der Waals surface area contributed by atoms with Crippen molar-refractivity contribution >= 4 is 11.8 Å². The molecule has 0 N–H and O–H groups in total. The molecule has 0 spiro atoms. The Bertz CT molecular complexity index is 527. The van der Waals surface area contributed by atoms with Crippen molar-refractivity contribution in [1.82, 2.24) is 9.80 Å². The number of carbonyl (C=O) groups is 2. The number of benzene rings is 1. The monoisotopic (exact) mass is 258 g/mol. The van der Waals surface area contributed by atoms with E-state index in [1.54, 1.807) is 11.9 Å². The summed E-state index contributed by atoms with van der Waals surface area (Å²) in [6.07, 6.45) is 2.07. The lowest BCUT2D eigenvalue weighted by Crippen LogP contribution is -2.46. The second kappa shape index (κ2) is 4.68. The summed E-state index contributed by atoms with van der Waals surface area (Å²) in [5.41, 5.74) is 2.57. The van der Waals surface area contributed by atoms with Gasteiger partial charge in [0.2, 0.25) is 11.8 Å². The Labute approximate surface area is 113 Å². The van der Waals surface area contributed by atoms with Gasteiger partial charge in [0.25, 0.3) is 0 Å². The fourth-order valence-electron chi connectivity index (χ4n) is 2.99. The second-order valence-electron chi connectivity index (χ2n) is 5.34. The molecule has 1 aromatic rings. The lowest BCUT2D eigenvalue weighted by atomic mass is 9.99. The van der Waals surface area contributed by atoms with Gasteiger partial charge in [0, 0.05) is 26.6 Å². The highest BCUT2D eigenvalue weighted by Crippen LogP contribution is 2.23. The summed E-state index contributed by atoms with van der Waals surface area (Å²) in [6.45, 7) is 1.43. The molecule has 4 nitrogen and oxygen atoms in total. The highest BCUT2D eigenvalue weighted by Gasteiger charge is 2.36. The predicted octanol–water partition coefficient (Wildman–Crippen LogP) is 1.19. The highest BCUT2D eigenvalue weighted by atomic mass is 16.2. The quantitative estimate of drug-likeness (QED) is 0.759. The number of nitrogens with zero attached hydrogens (tertiary/aromatic N) is 2. The molecular weight excluding hydrogens is 240 g/mol. The van der Waals surface area contributed by atoms with Gasteiger partial charge in [-0.2, -0.15) is 0 Å². The molecule has 1 saturated heterocycles. The van der Waals surface area contributed by atoms with Crippen molar-refractivity contribution in [1.29, 1.82) is 0 Å². The molecule has 0 saturated carbocycles. The topological polar surface area (TPSA) is 40.6 Å². The molecule has 2 aliphatic heterocycles. The van der Waals surface area contributed by atoms with E-state index in [4.69, 9.17) is 0 Å². The molecule has 0 aromatic heterocycles. The zero-order valence-corrected chi connectivity index (χ0v) is 11.1.